The smallest absolute Gasteiger partial charge is 0.252 e. The van der Waals surface area contributed by atoms with Crippen LogP contribution in [-0.2, 0) is 0 Å². The van der Waals surface area contributed by atoms with E-state index in [0.29, 0.717) is 53.0 Å². The maximum Gasteiger partial charge on any atom is 0.252 e. The normalized spacial score (nSPS) is 10.6. The minimum atomic E-state index is -0.328. The SMILES string of the molecule is COc1cccc(OCCNC(=O)c2ccccc2-c2ncc(-c3ccc(F)cc3)o2)c1. The predicted octanol–water partition coefficient (Wildman–Crippen LogP) is 4.97. The van der Waals surface area contributed by atoms with Crippen LogP contribution in [0.5, 0.6) is 11.5 Å². The summed E-state index contributed by atoms with van der Waals surface area (Å²) in [6.07, 6.45) is 1.55. The molecule has 0 radical (unpaired) electrons. The number of nitrogens with zero attached hydrogens (tertiary/aromatic N) is 1. The van der Waals surface area contributed by atoms with Crippen molar-refractivity contribution in [3.63, 3.8) is 0 Å². The average Bonchev–Trinajstić information content (AvgIpc) is 3.32. The lowest BCUT2D eigenvalue weighted by molar-refractivity contribution is 0.0947. The number of aromatic nitrogens is 1. The summed E-state index contributed by atoms with van der Waals surface area (Å²) in [5.74, 6) is 1.56. The Labute approximate surface area is 184 Å². The highest BCUT2D eigenvalue weighted by atomic mass is 19.1. The van der Waals surface area contributed by atoms with Gasteiger partial charge in [0.25, 0.3) is 5.91 Å². The Hall–Kier alpha value is -4.13. The quantitative estimate of drug-likeness (QED) is 0.398. The van der Waals surface area contributed by atoms with Crippen LogP contribution in [0.3, 0.4) is 0 Å². The van der Waals surface area contributed by atoms with Gasteiger partial charge < -0.3 is 19.2 Å². The third-order valence-corrected chi connectivity index (χ3v) is 4.73. The van der Waals surface area contributed by atoms with Crippen molar-refractivity contribution < 1.29 is 23.1 Å². The molecule has 1 aromatic heterocycles. The molecule has 1 amide bonds. The molecule has 32 heavy (non-hydrogen) atoms. The lowest BCUT2D eigenvalue weighted by atomic mass is 10.1. The van der Waals surface area contributed by atoms with Gasteiger partial charge in [0.05, 0.1) is 25.4 Å². The molecule has 7 heteroatoms. The third-order valence-electron chi connectivity index (χ3n) is 4.73. The Kier molecular flexibility index (Phi) is 6.46. The zero-order chi connectivity index (χ0) is 22.3. The highest BCUT2D eigenvalue weighted by Gasteiger charge is 2.16. The van der Waals surface area contributed by atoms with Crippen molar-refractivity contribution in [2.45, 2.75) is 0 Å². The van der Waals surface area contributed by atoms with E-state index in [-0.39, 0.29) is 11.7 Å². The van der Waals surface area contributed by atoms with Gasteiger partial charge in [0.1, 0.15) is 23.9 Å². The summed E-state index contributed by atoms with van der Waals surface area (Å²) in [4.78, 5) is 17.1. The van der Waals surface area contributed by atoms with Crippen molar-refractivity contribution in [2.24, 2.45) is 0 Å². The van der Waals surface area contributed by atoms with Gasteiger partial charge in [0.2, 0.25) is 5.89 Å². The Balaban J connectivity index is 1.41. The summed E-state index contributed by atoms with van der Waals surface area (Å²) in [7, 11) is 1.59. The molecule has 0 aliphatic carbocycles. The molecular formula is C25H21FN2O4. The van der Waals surface area contributed by atoms with Crippen LogP contribution in [-0.4, -0.2) is 31.2 Å². The second-order valence-corrected chi connectivity index (χ2v) is 6.87. The van der Waals surface area contributed by atoms with Crippen LogP contribution in [0.15, 0.2) is 83.4 Å². The maximum atomic E-state index is 13.2. The summed E-state index contributed by atoms with van der Waals surface area (Å²) in [6.45, 7) is 0.617. The Morgan fingerprint density at radius 3 is 2.62 bits per heavy atom. The van der Waals surface area contributed by atoms with E-state index in [9.17, 15) is 9.18 Å². The van der Waals surface area contributed by atoms with Crippen molar-refractivity contribution in [3.8, 4) is 34.3 Å². The molecule has 0 bridgehead atoms. The van der Waals surface area contributed by atoms with Gasteiger partial charge in [0.15, 0.2) is 5.76 Å². The van der Waals surface area contributed by atoms with E-state index < -0.39 is 0 Å². The number of hydrogen-bond donors (Lipinski definition) is 1. The lowest BCUT2D eigenvalue weighted by Crippen LogP contribution is -2.28. The van der Waals surface area contributed by atoms with Gasteiger partial charge in [-0.15, -0.1) is 0 Å². The number of methoxy groups -OCH3 is 1. The van der Waals surface area contributed by atoms with Crippen molar-refractivity contribution >= 4 is 5.91 Å². The molecule has 0 spiro atoms. The number of benzene rings is 3. The summed E-state index contributed by atoms with van der Waals surface area (Å²) in [6, 6.07) is 20.2. The molecule has 0 saturated carbocycles. The van der Waals surface area contributed by atoms with Crippen LogP contribution in [0, 0.1) is 5.82 Å². The number of carbonyl (C=O) groups is 1. The first-order chi connectivity index (χ1) is 15.6. The van der Waals surface area contributed by atoms with Crippen LogP contribution in [0.2, 0.25) is 0 Å². The maximum absolute atomic E-state index is 13.2. The summed E-state index contributed by atoms with van der Waals surface area (Å²) >= 11 is 0. The second-order valence-electron chi connectivity index (χ2n) is 6.87. The number of oxazole rings is 1. The molecule has 4 rings (SSSR count). The van der Waals surface area contributed by atoms with Gasteiger partial charge in [-0.3, -0.25) is 4.79 Å². The van der Waals surface area contributed by atoms with Crippen LogP contribution >= 0.6 is 0 Å². The number of hydrogen-bond acceptors (Lipinski definition) is 5. The Morgan fingerprint density at radius 1 is 1.03 bits per heavy atom. The Bertz CT molecular complexity index is 1200. The molecule has 0 atom stereocenters. The molecule has 0 fully saturated rings. The lowest BCUT2D eigenvalue weighted by Gasteiger charge is -2.10. The minimum absolute atomic E-state index is 0.267. The van der Waals surface area contributed by atoms with Gasteiger partial charge in [0, 0.05) is 17.2 Å². The van der Waals surface area contributed by atoms with Crippen LogP contribution < -0.4 is 14.8 Å². The van der Waals surface area contributed by atoms with Gasteiger partial charge in [-0.2, -0.15) is 0 Å². The van der Waals surface area contributed by atoms with Crippen molar-refractivity contribution in [2.75, 3.05) is 20.3 Å². The molecule has 0 unspecified atom stereocenters. The zero-order valence-corrected chi connectivity index (χ0v) is 17.4. The van der Waals surface area contributed by atoms with Gasteiger partial charge in [-0.1, -0.05) is 18.2 Å². The number of carbonyl (C=O) groups excluding carboxylic acids is 1. The number of nitrogens with one attached hydrogen (secondary N) is 1. The molecule has 3 aromatic carbocycles. The minimum Gasteiger partial charge on any atom is -0.497 e. The molecule has 1 N–H and O–H groups in total. The van der Waals surface area contributed by atoms with Gasteiger partial charge in [-0.05, 0) is 48.5 Å². The first-order valence-electron chi connectivity index (χ1n) is 10.0. The molecule has 1 heterocycles. The molecule has 162 valence electrons. The second kappa shape index (κ2) is 9.78. The van der Waals surface area contributed by atoms with Crippen LogP contribution in [0.4, 0.5) is 4.39 Å². The van der Waals surface area contributed by atoms with E-state index in [0.717, 1.165) is 0 Å². The zero-order valence-electron chi connectivity index (χ0n) is 17.4. The topological polar surface area (TPSA) is 73.6 Å². The van der Waals surface area contributed by atoms with Crippen molar-refractivity contribution in [3.05, 3.63) is 90.4 Å². The fourth-order valence-corrected chi connectivity index (χ4v) is 3.13. The fraction of sp³-hybridized carbons (Fsp3) is 0.120. The highest BCUT2D eigenvalue weighted by Crippen LogP contribution is 2.28. The van der Waals surface area contributed by atoms with E-state index in [1.807, 2.05) is 18.2 Å². The number of halogens is 1. The first-order valence-corrected chi connectivity index (χ1v) is 10.0. The van der Waals surface area contributed by atoms with Gasteiger partial charge in [-0.25, -0.2) is 9.37 Å². The standard InChI is InChI=1S/C25H21FN2O4/c1-30-19-5-4-6-20(15-19)31-14-13-27-24(29)21-7-2-3-8-22(21)25-28-16-23(32-25)17-9-11-18(26)12-10-17/h2-12,15-16H,13-14H2,1H3,(H,27,29). The van der Waals surface area contributed by atoms with Crippen molar-refractivity contribution in [1.82, 2.24) is 10.3 Å². The predicted molar refractivity (Wildman–Crippen MR) is 118 cm³/mol. The average molecular weight is 432 g/mol. The molecule has 4 aromatic rings. The largest absolute Gasteiger partial charge is 0.497 e. The van der Waals surface area contributed by atoms with Crippen LogP contribution in [0.25, 0.3) is 22.8 Å². The third kappa shape index (κ3) is 4.95. The van der Waals surface area contributed by atoms with Crippen molar-refractivity contribution in [1.29, 1.82) is 0 Å². The van der Waals surface area contributed by atoms with E-state index in [2.05, 4.69) is 10.3 Å². The van der Waals surface area contributed by atoms with E-state index in [1.165, 1.54) is 12.1 Å². The molecule has 0 aliphatic rings. The monoisotopic (exact) mass is 432 g/mol. The number of amides is 1. The fourth-order valence-electron chi connectivity index (χ4n) is 3.13. The summed E-state index contributed by atoms with van der Waals surface area (Å²) in [5.41, 5.74) is 1.69. The summed E-state index contributed by atoms with van der Waals surface area (Å²) < 4.78 is 29.8. The number of rotatable bonds is 8. The molecule has 0 aliphatic heterocycles. The van der Waals surface area contributed by atoms with Crippen LogP contribution in [0.1, 0.15) is 10.4 Å². The molecule has 0 saturated heterocycles. The Morgan fingerprint density at radius 2 is 1.81 bits per heavy atom. The highest BCUT2D eigenvalue weighted by molar-refractivity contribution is 6.00. The molecule has 6 nitrogen and oxygen atoms in total. The first kappa shape index (κ1) is 21.1. The molecular weight excluding hydrogens is 411 g/mol. The van der Waals surface area contributed by atoms with E-state index in [1.54, 1.807) is 55.8 Å². The van der Waals surface area contributed by atoms with E-state index in [4.69, 9.17) is 13.9 Å². The summed E-state index contributed by atoms with van der Waals surface area (Å²) in [5, 5.41) is 2.85. The van der Waals surface area contributed by atoms with E-state index >= 15 is 0 Å². The number of ether oxygens (including phenoxy) is 2. The van der Waals surface area contributed by atoms with Gasteiger partial charge >= 0.3 is 0 Å².